The average molecular weight is 256 g/mol. The molecule has 0 saturated carbocycles. The highest BCUT2D eigenvalue weighted by atomic mass is 19.2. The summed E-state index contributed by atoms with van der Waals surface area (Å²) in [6, 6.07) is 1.79. The van der Waals surface area contributed by atoms with Gasteiger partial charge in [-0.1, -0.05) is 6.07 Å². The number of benzene rings is 1. The van der Waals surface area contributed by atoms with Crippen LogP contribution in [0.4, 0.5) is 13.2 Å². The Morgan fingerprint density at radius 2 is 2.00 bits per heavy atom. The molecule has 0 radical (unpaired) electrons. The zero-order valence-corrected chi connectivity index (χ0v) is 9.57. The summed E-state index contributed by atoms with van der Waals surface area (Å²) in [5.41, 5.74) is 0.00584. The molecular formula is C12H11F3N2O. The van der Waals surface area contributed by atoms with Gasteiger partial charge >= 0.3 is 0 Å². The van der Waals surface area contributed by atoms with Gasteiger partial charge in [0.15, 0.2) is 17.5 Å². The first-order valence-corrected chi connectivity index (χ1v) is 5.38. The summed E-state index contributed by atoms with van der Waals surface area (Å²) in [6.45, 7) is 2.44. The van der Waals surface area contributed by atoms with E-state index in [0.29, 0.717) is 12.1 Å². The molecular weight excluding hydrogens is 245 g/mol. The van der Waals surface area contributed by atoms with Gasteiger partial charge in [-0.05, 0) is 13.0 Å². The van der Waals surface area contributed by atoms with Gasteiger partial charge in [0.1, 0.15) is 6.10 Å². The number of halogens is 3. The van der Waals surface area contributed by atoms with Crippen LogP contribution in [0, 0.1) is 17.5 Å². The minimum Gasteiger partial charge on any atom is -0.383 e. The molecule has 0 amide bonds. The molecule has 6 heteroatoms. The fraction of sp³-hybridized carbons (Fsp3) is 0.250. The second-order valence-electron chi connectivity index (χ2n) is 3.80. The van der Waals surface area contributed by atoms with Crippen LogP contribution >= 0.6 is 0 Å². The van der Waals surface area contributed by atoms with Crippen LogP contribution in [0.25, 0.3) is 0 Å². The molecule has 1 heterocycles. The van der Waals surface area contributed by atoms with Crippen LogP contribution in [-0.2, 0) is 6.54 Å². The molecule has 0 spiro atoms. The molecule has 1 aromatic heterocycles. The lowest BCUT2D eigenvalue weighted by Gasteiger charge is -2.10. The third-order valence-electron chi connectivity index (χ3n) is 2.65. The molecule has 0 aliphatic heterocycles. The van der Waals surface area contributed by atoms with Crippen LogP contribution in [-0.4, -0.2) is 14.9 Å². The van der Waals surface area contributed by atoms with Crippen LogP contribution in [0.1, 0.15) is 24.2 Å². The van der Waals surface area contributed by atoms with Crippen LogP contribution in [0.5, 0.6) is 0 Å². The summed E-state index contributed by atoms with van der Waals surface area (Å²) >= 11 is 0. The Kier molecular flexibility index (Phi) is 3.38. The van der Waals surface area contributed by atoms with Crippen molar-refractivity contribution in [3.63, 3.8) is 0 Å². The van der Waals surface area contributed by atoms with E-state index in [1.165, 1.54) is 17.1 Å². The van der Waals surface area contributed by atoms with Crippen molar-refractivity contribution in [2.24, 2.45) is 0 Å². The molecule has 1 atom stereocenters. The van der Waals surface area contributed by atoms with E-state index in [1.54, 1.807) is 0 Å². The number of aromatic nitrogens is 2. The maximum Gasteiger partial charge on any atom is 0.194 e. The molecule has 0 saturated heterocycles. The molecule has 1 aromatic carbocycles. The third-order valence-corrected chi connectivity index (χ3v) is 2.65. The zero-order valence-electron chi connectivity index (χ0n) is 9.57. The van der Waals surface area contributed by atoms with Gasteiger partial charge in [0.05, 0.1) is 6.20 Å². The van der Waals surface area contributed by atoms with Crippen molar-refractivity contribution < 1.29 is 18.3 Å². The van der Waals surface area contributed by atoms with Crippen molar-refractivity contribution in [1.82, 2.24) is 9.78 Å². The van der Waals surface area contributed by atoms with Gasteiger partial charge in [0.2, 0.25) is 0 Å². The van der Waals surface area contributed by atoms with Crippen LogP contribution in [0.2, 0.25) is 0 Å². The van der Waals surface area contributed by atoms with Gasteiger partial charge in [-0.15, -0.1) is 0 Å². The smallest absolute Gasteiger partial charge is 0.194 e. The van der Waals surface area contributed by atoms with Gasteiger partial charge in [0.25, 0.3) is 0 Å². The van der Waals surface area contributed by atoms with Crippen molar-refractivity contribution in [3.8, 4) is 0 Å². The Morgan fingerprint density at radius 3 is 2.61 bits per heavy atom. The lowest BCUT2D eigenvalue weighted by Crippen LogP contribution is -2.05. The van der Waals surface area contributed by atoms with Crippen LogP contribution in [0.15, 0.2) is 24.5 Å². The quantitative estimate of drug-likeness (QED) is 0.856. The molecule has 0 aliphatic carbocycles. The van der Waals surface area contributed by atoms with Crippen LogP contribution in [0.3, 0.4) is 0 Å². The molecule has 1 N–H and O–H groups in total. The van der Waals surface area contributed by atoms with Gasteiger partial charge in [-0.2, -0.15) is 5.10 Å². The maximum absolute atomic E-state index is 13.5. The number of hydrogen-bond donors (Lipinski definition) is 1. The second kappa shape index (κ2) is 4.81. The predicted molar refractivity (Wildman–Crippen MR) is 58.3 cm³/mol. The van der Waals surface area contributed by atoms with E-state index in [9.17, 15) is 18.3 Å². The SMILES string of the molecule is CCn1cc(C(O)c2ccc(F)c(F)c2F)cn1. The first-order chi connectivity index (χ1) is 8.54. The molecule has 96 valence electrons. The lowest BCUT2D eigenvalue weighted by atomic mass is 10.0. The topological polar surface area (TPSA) is 38.0 Å². The Labute approximate surface area is 101 Å². The highest BCUT2D eigenvalue weighted by Gasteiger charge is 2.21. The fourth-order valence-corrected chi connectivity index (χ4v) is 1.63. The van der Waals surface area contributed by atoms with E-state index >= 15 is 0 Å². The average Bonchev–Trinajstić information content (AvgIpc) is 2.84. The number of aliphatic hydroxyl groups excluding tert-OH is 1. The molecule has 0 fully saturated rings. The number of rotatable bonds is 3. The zero-order chi connectivity index (χ0) is 13.3. The van der Waals surface area contributed by atoms with Crippen molar-refractivity contribution in [2.45, 2.75) is 19.6 Å². The highest BCUT2D eigenvalue weighted by Crippen LogP contribution is 2.26. The number of aliphatic hydroxyl groups is 1. The van der Waals surface area contributed by atoms with Gasteiger partial charge < -0.3 is 5.11 Å². The number of aryl methyl sites for hydroxylation is 1. The molecule has 2 rings (SSSR count). The maximum atomic E-state index is 13.5. The second-order valence-corrected chi connectivity index (χ2v) is 3.80. The summed E-state index contributed by atoms with van der Waals surface area (Å²) in [4.78, 5) is 0. The third kappa shape index (κ3) is 2.11. The summed E-state index contributed by atoms with van der Waals surface area (Å²) in [5, 5.41) is 13.8. The molecule has 0 bridgehead atoms. The summed E-state index contributed by atoms with van der Waals surface area (Å²) in [5.74, 6) is -4.26. The van der Waals surface area contributed by atoms with Gasteiger partial charge in [-0.3, -0.25) is 4.68 Å². The first kappa shape index (κ1) is 12.6. The standard InChI is InChI=1S/C12H11F3N2O/c1-2-17-6-7(5-16-17)12(18)8-3-4-9(13)11(15)10(8)14/h3-6,12,18H,2H2,1H3. The lowest BCUT2D eigenvalue weighted by molar-refractivity contribution is 0.212. The summed E-state index contributed by atoms with van der Waals surface area (Å²) < 4.78 is 40.9. The van der Waals surface area contributed by atoms with E-state index in [1.807, 2.05) is 6.92 Å². The van der Waals surface area contributed by atoms with E-state index in [0.717, 1.165) is 12.1 Å². The monoisotopic (exact) mass is 256 g/mol. The van der Waals surface area contributed by atoms with Gasteiger partial charge in [-0.25, -0.2) is 13.2 Å². The Morgan fingerprint density at radius 1 is 1.28 bits per heavy atom. The van der Waals surface area contributed by atoms with E-state index in [4.69, 9.17) is 0 Å². The van der Waals surface area contributed by atoms with Crippen LogP contribution < -0.4 is 0 Å². The molecule has 0 aliphatic rings. The number of nitrogens with zero attached hydrogens (tertiary/aromatic N) is 2. The Hall–Kier alpha value is -1.82. The summed E-state index contributed by atoms with van der Waals surface area (Å²) in [6.07, 6.45) is 1.50. The van der Waals surface area contributed by atoms with E-state index < -0.39 is 23.6 Å². The number of hydrogen-bond acceptors (Lipinski definition) is 2. The largest absolute Gasteiger partial charge is 0.383 e. The Bertz CT molecular complexity index is 568. The normalized spacial score (nSPS) is 12.7. The van der Waals surface area contributed by atoms with Crippen molar-refractivity contribution in [1.29, 1.82) is 0 Å². The predicted octanol–water partition coefficient (Wildman–Crippen LogP) is 2.40. The van der Waals surface area contributed by atoms with Crippen molar-refractivity contribution in [3.05, 3.63) is 53.1 Å². The minimum atomic E-state index is -1.59. The molecule has 3 nitrogen and oxygen atoms in total. The minimum absolute atomic E-state index is 0.315. The molecule has 2 aromatic rings. The van der Waals surface area contributed by atoms with Crippen molar-refractivity contribution in [2.75, 3.05) is 0 Å². The van der Waals surface area contributed by atoms with E-state index in [2.05, 4.69) is 5.10 Å². The molecule has 18 heavy (non-hydrogen) atoms. The Balaban J connectivity index is 2.39. The fourth-order valence-electron chi connectivity index (χ4n) is 1.63. The highest BCUT2D eigenvalue weighted by molar-refractivity contribution is 5.29. The van der Waals surface area contributed by atoms with Crippen molar-refractivity contribution >= 4 is 0 Å². The molecule has 1 unspecified atom stereocenters. The first-order valence-electron chi connectivity index (χ1n) is 5.38. The van der Waals surface area contributed by atoms with Gasteiger partial charge in [0, 0.05) is 23.9 Å². The summed E-state index contributed by atoms with van der Waals surface area (Å²) in [7, 11) is 0. The van der Waals surface area contributed by atoms with E-state index in [-0.39, 0.29) is 5.56 Å².